The van der Waals surface area contributed by atoms with E-state index in [-0.39, 0.29) is 6.04 Å². The van der Waals surface area contributed by atoms with E-state index in [2.05, 4.69) is 67.0 Å². The molecular weight excluding hydrogens is 319 g/mol. The van der Waals surface area contributed by atoms with Crippen molar-refractivity contribution in [1.82, 2.24) is 0 Å². The van der Waals surface area contributed by atoms with Gasteiger partial charge in [0.05, 0.1) is 0 Å². The minimum Gasteiger partial charge on any atom is -0.176 e. The van der Waals surface area contributed by atoms with Gasteiger partial charge in [-0.15, -0.1) is 5.11 Å². The lowest BCUT2D eigenvalue weighted by atomic mass is 10.1. The van der Waals surface area contributed by atoms with Gasteiger partial charge in [-0.3, -0.25) is 0 Å². The predicted molar refractivity (Wildman–Crippen MR) is 55.8 cm³/mol. The van der Waals surface area contributed by atoms with E-state index in [1.807, 2.05) is 0 Å². The van der Waals surface area contributed by atoms with Crippen LogP contribution in [0.5, 0.6) is 0 Å². The zero-order valence-corrected chi connectivity index (χ0v) is 9.20. The highest BCUT2D eigenvalue weighted by atomic mass is 127. The standard InChI is InChI=1S/C7H4BrIN2/c8-7-5-3-4(9)1-2-6(5)10-11-7/h1-3,6H/t6-/m0/s1. The van der Waals surface area contributed by atoms with Crippen LogP contribution in [0.15, 0.2) is 42.2 Å². The first kappa shape index (κ1) is 7.67. The van der Waals surface area contributed by atoms with E-state index in [1.165, 1.54) is 3.58 Å². The molecule has 1 aliphatic carbocycles. The van der Waals surface area contributed by atoms with Crippen molar-refractivity contribution in [3.05, 3.63) is 32.0 Å². The minimum atomic E-state index is 0.155. The molecule has 0 aromatic carbocycles. The fourth-order valence-corrected chi connectivity index (χ4v) is 2.01. The lowest BCUT2D eigenvalue weighted by molar-refractivity contribution is 0.944. The molecule has 2 rings (SSSR count). The molecule has 1 atom stereocenters. The third-order valence-corrected chi connectivity index (χ3v) is 2.85. The number of azo groups is 1. The summed E-state index contributed by atoms with van der Waals surface area (Å²) >= 11 is 5.62. The molecule has 0 radical (unpaired) electrons. The number of rotatable bonds is 0. The highest BCUT2D eigenvalue weighted by molar-refractivity contribution is 14.1. The molecule has 1 aliphatic heterocycles. The number of hydrogen-bond acceptors (Lipinski definition) is 2. The van der Waals surface area contributed by atoms with Crippen molar-refractivity contribution in [1.29, 1.82) is 0 Å². The Morgan fingerprint density at radius 2 is 2.36 bits per heavy atom. The van der Waals surface area contributed by atoms with Crippen LogP contribution in [0.4, 0.5) is 0 Å². The second-order valence-electron chi connectivity index (χ2n) is 2.29. The van der Waals surface area contributed by atoms with Crippen LogP contribution in [-0.2, 0) is 0 Å². The maximum absolute atomic E-state index is 4.04. The van der Waals surface area contributed by atoms with Crippen LogP contribution in [0.3, 0.4) is 0 Å². The van der Waals surface area contributed by atoms with Crippen LogP contribution in [0.25, 0.3) is 0 Å². The van der Waals surface area contributed by atoms with E-state index in [1.54, 1.807) is 0 Å². The van der Waals surface area contributed by atoms with Gasteiger partial charge in [0.1, 0.15) is 10.6 Å². The van der Waals surface area contributed by atoms with Crippen LogP contribution in [-0.4, -0.2) is 6.04 Å². The monoisotopic (exact) mass is 322 g/mol. The maximum atomic E-state index is 4.04. The molecule has 4 heteroatoms. The average molecular weight is 323 g/mol. The first-order valence-corrected chi connectivity index (χ1v) is 5.00. The van der Waals surface area contributed by atoms with Gasteiger partial charge in [0.2, 0.25) is 0 Å². The molecule has 0 saturated heterocycles. The van der Waals surface area contributed by atoms with Gasteiger partial charge in [0.15, 0.2) is 0 Å². The second-order valence-corrected chi connectivity index (χ2v) is 4.29. The lowest BCUT2D eigenvalue weighted by Crippen LogP contribution is -2.02. The summed E-state index contributed by atoms with van der Waals surface area (Å²) < 4.78 is 2.08. The Labute approximate surface area is 86.4 Å². The van der Waals surface area contributed by atoms with Crippen molar-refractivity contribution in [2.24, 2.45) is 10.2 Å². The molecule has 0 amide bonds. The molecule has 2 aliphatic rings. The molecule has 0 fully saturated rings. The Kier molecular flexibility index (Phi) is 1.97. The average Bonchev–Trinajstić information content (AvgIpc) is 2.33. The molecule has 0 aromatic rings. The molecule has 0 N–H and O–H groups in total. The van der Waals surface area contributed by atoms with E-state index in [0.29, 0.717) is 0 Å². The van der Waals surface area contributed by atoms with Crippen LogP contribution >= 0.6 is 38.5 Å². The fourth-order valence-electron chi connectivity index (χ4n) is 1.02. The van der Waals surface area contributed by atoms with Crippen molar-refractivity contribution < 1.29 is 0 Å². The molecule has 11 heavy (non-hydrogen) atoms. The highest BCUT2D eigenvalue weighted by Gasteiger charge is 2.20. The number of hydrogen-bond donors (Lipinski definition) is 0. The van der Waals surface area contributed by atoms with Gasteiger partial charge in [-0.25, -0.2) is 0 Å². The Bertz CT molecular complexity index is 314. The van der Waals surface area contributed by atoms with Gasteiger partial charge in [-0.2, -0.15) is 5.11 Å². The van der Waals surface area contributed by atoms with Crippen molar-refractivity contribution in [3.63, 3.8) is 0 Å². The van der Waals surface area contributed by atoms with E-state index >= 15 is 0 Å². The molecule has 0 spiro atoms. The quantitative estimate of drug-likeness (QED) is 0.483. The summed E-state index contributed by atoms with van der Waals surface area (Å²) in [4.78, 5) is 0. The molecule has 1 heterocycles. The lowest BCUT2D eigenvalue weighted by Gasteiger charge is -2.07. The Hall–Kier alpha value is 0.0300. The minimum absolute atomic E-state index is 0.155. The van der Waals surface area contributed by atoms with Gasteiger partial charge >= 0.3 is 0 Å². The molecule has 0 unspecified atom stereocenters. The molecule has 2 nitrogen and oxygen atoms in total. The van der Waals surface area contributed by atoms with Crippen molar-refractivity contribution in [2.45, 2.75) is 6.04 Å². The summed E-state index contributed by atoms with van der Waals surface area (Å²) in [6.07, 6.45) is 6.20. The van der Waals surface area contributed by atoms with Crippen LogP contribution in [0, 0.1) is 0 Å². The third kappa shape index (κ3) is 1.33. The Balaban J connectivity index is 2.46. The SMILES string of the molecule is BrC1=C2C=C(I)C=C[C@@H]2N=N1. The van der Waals surface area contributed by atoms with Gasteiger partial charge in [-0.1, -0.05) is 12.2 Å². The molecular formula is C7H4BrIN2. The van der Waals surface area contributed by atoms with Gasteiger partial charge in [-0.05, 0) is 44.6 Å². The number of nitrogens with zero attached hydrogens (tertiary/aromatic N) is 2. The number of fused-ring (bicyclic) bond motifs is 1. The molecule has 56 valence electrons. The summed E-state index contributed by atoms with van der Waals surface area (Å²) in [7, 11) is 0. The highest BCUT2D eigenvalue weighted by Crippen LogP contribution is 2.33. The van der Waals surface area contributed by atoms with Gasteiger partial charge < -0.3 is 0 Å². The smallest absolute Gasteiger partial charge is 0.134 e. The summed E-state index contributed by atoms with van der Waals surface area (Å²) in [6.45, 7) is 0. The van der Waals surface area contributed by atoms with E-state index in [4.69, 9.17) is 0 Å². The summed E-state index contributed by atoms with van der Waals surface area (Å²) in [5, 5.41) is 7.98. The number of allylic oxidation sites excluding steroid dienone is 2. The molecule has 0 aromatic heterocycles. The number of halogens is 2. The second kappa shape index (κ2) is 2.82. The van der Waals surface area contributed by atoms with Crippen LogP contribution in [0.1, 0.15) is 0 Å². The van der Waals surface area contributed by atoms with Crippen LogP contribution in [0.2, 0.25) is 0 Å². The third-order valence-electron chi connectivity index (χ3n) is 1.56. The predicted octanol–water partition coefficient (Wildman–Crippen LogP) is 3.32. The Morgan fingerprint density at radius 1 is 1.55 bits per heavy atom. The normalized spacial score (nSPS) is 27.5. The first-order chi connectivity index (χ1) is 5.27. The fraction of sp³-hybridized carbons (Fsp3) is 0.143. The Morgan fingerprint density at radius 3 is 3.18 bits per heavy atom. The maximum Gasteiger partial charge on any atom is 0.134 e. The molecule has 0 bridgehead atoms. The summed E-state index contributed by atoms with van der Waals surface area (Å²) in [6, 6.07) is 0.155. The van der Waals surface area contributed by atoms with Crippen molar-refractivity contribution in [2.75, 3.05) is 0 Å². The summed E-state index contributed by atoms with van der Waals surface area (Å²) in [5.41, 5.74) is 1.16. The zero-order valence-electron chi connectivity index (χ0n) is 5.46. The largest absolute Gasteiger partial charge is 0.176 e. The van der Waals surface area contributed by atoms with Crippen LogP contribution < -0.4 is 0 Å². The van der Waals surface area contributed by atoms with Gasteiger partial charge in [0.25, 0.3) is 0 Å². The topological polar surface area (TPSA) is 24.7 Å². The first-order valence-electron chi connectivity index (χ1n) is 3.13. The van der Waals surface area contributed by atoms with E-state index < -0.39 is 0 Å². The van der Waals surface area contributed by atoms with E-state index in [9.17, 15) is 0 Å². The molecule has 0 saturated carbocycles. The summed E-state index contributed by atoms with van der Waals surface area (Å²) in [5.74, 6) is 0. The van der Waals surface area contributed by atoms with E-state index in [0.717, 1.165) is 10.2 Å². The van der Waals surface area contributed by atoms with Crippen molar-refractivity contribution >= 4 is 38.5 Å². The van der Waals surface area contributed by atoms with Crippen molar-refractivity contribution in [3.8, 4) is 0 Å². The van der Waals surface area contributed by atoms with Gasteiger partial charge in [0, 0.05) is 9.15 Å². The zero-order chi connectivity index (χ0) is 7.84.